The predicted molar refractivity (Wildman–Crippen MR) is 74.9 cm³/mol. The fourth-order valence-electron chi connectivity index (χ4n) is 2.18. The van der Waals surface area contributed by atoms with Crippen LogP contribution in [0.4, 0.5) is 0 Å². The van der Waals surface area contributed by atoms with E-state index in [1.807, 2.05) is 32.0 Å². The molecule has 0 aliphatic rings. The Labute approximate surface area is 115 Å². The van der Waals surface area contributed by atoms with Crippen molar-refractivity contribution >= 4 is 11.7 Å². The van der Waals surface area contributed by atoms with Gasteiger partial charge < -0.3 is 5.11 Å². The minimum atomic E-state index is -1.02. The number of carboxylic acids is 1. The van der Waals surface area contributed by atoms with Gasteiger partial charge in [-0.05, 0) is 37.1 Å². The Morgan fingerprint density at radius 3 is 2.75 bits per heavy atom. The summed E-state index contributed by atoms with van der Waals surface area (Å²) in [7, 11) is 0. The van der Waals surface area contributed by atoms with Gasteiger partial charge in [0.05, 0.1) is 0 Å². The number of carboxylic acid groups (broad SMARTS) is 1. The van der Waals surface area contributed by atoms with Crippen LogP contribution in [0.3, 0.4) is 0 Å². The van der Waals surface area contributed by atoms with Crippen molar-refractivity contribution in [1.82, 2.24) is 14.4 Å². The Bertz CT molecular complexity index is 821. The molecule has 5 nitrogen and oxygen atoms in total. The van der Waals surface area contributed by atoms with E-state index < -0.39 is 5.97 Å². The van der Waals surface area contributed by atoms with E-state index in [1.54, 1.807) is 18.5 Å². The molecular weight excluding hydrogens is 254 g/mol. The van der Waals surface area contributed by atoms with Crippen LogP contribution in [0.2, 0.25) is 0 Å². The number of nitrogens with zero attached hydrogens (tertiary/aromatic N) is 3. The molecule has 0 radical (unpaired) electrons. The minimum Gasteiger partial charge on any atom is -0.476 e. The lowest BCUT2D eigenvalue weighted by Crippen LogP contribution is -2.03. The highest BCUT2D eigenvalue weighted by Gasteiger charge is 2.20. The molecule has 0 amide bonds. The Morgan fingerprint density at radius 1 is 1.25 bits per heavy atom. The first-order valence-electron chi connectivity index (χ1n) is 6.22. The molecule has 0 saturated carbocycles. The summed E-state index contributed by atoms with van der Waals surface area (Å²) in [6.07, 6.45) is 3.25. The molecule has 3 aromatic rings. The number of aromatic carboxylic acids is 1. The highest BCUT2D eigenvalue weighted by molar-refractivity contribution is 5.94. The maximum absolute atomic E-state index is 11.5. The summed E-state index contributed by atoms with van der Waals surface area (Å²) in [6.45, 7) is 4.01. The number of hydrogen-bond donors (Lipinski definition) is 1. The van der Waals surface area contributed by atoms with E-state index in [9.17, 15) is 9.90 Å². The second-order valence-electron chi connectivity index (χ2n) is 4.70. The standard InChI is InChI=1S/C15H13N3O2/c1-9-4-5-11(8-10(9)2)12-13(14(19)20)18-7-3-6-16-15(18)17-12/h3-8H,1-2H3,(H,19,20). The zero-order valence-corrected chi connectivity index (χ0v) is 11.2. The molecule has 2 aromatic heterocycles. The lowest BCUT2D eigenvalue weighted by atomic mass is 10.0. The normalized spacial score (nSPS) is 10.9. The first-order chi connectivity index (χ1) is 9.58. The molecule has 100 valence electrons. The van der Waals surface area contributed by atoms with Crippen LogP contribution in [-0.4, -0.2) is 25.4 Å². The van der Waals surface area contributed by atoms with Gasteiger partial charge in [0, 0.05) is 18.0 Å². The van der Waals surface area contributed by atoms with Gasteiger partial charge in [-0.2, -0.15) is 0 Å². The number of rotatable bonds is 2. The molecule has 0 atom stereocenters. The van der Waals surface area contributed by atoms with Crippen molar-refractivity contribution in [3.8, 4) is 11.3 Å². The lowest BCUT2D eigenvalue weighted by molar-refractivity contribution is 0.0690. The second-order valence-corrected chi connectivity index (χ2v) is 4.70. The van der Waals surface area contributed by atoms with Gasteiger partial charge in [0.1, 0.15) is 5.69 Å². The quantitative estimate of drug-likeness (QED) is 0.775. The van der Waals surface area contributed by atoms with Crippen molar-refractivity contribution < 1.29 is 9.90 Å². The molecule has 0 bridgehead atoms. The molecule has 0 saturated heterocycles. The summed E-state index contributed by atoms with van der Waals surface area (Å²) < 4.78 is 1.49. The minimum absolute atomic E-state index is 0.136. The van der Waals surface area contributed by atoms with Gasteiger partial charge in [0.2, 0.25) is 5.78 Å². The van der Waals surface area contributed by atoms with E-state index in [0.29, 0.717) is 11.5 Å². The first-order valence-corrected chi connectivity index (χ1v) is 6.22. The third kappa shape index (κ3) is 1.84. The van der Waals surface area contributed by atoms with Crippen LogP contribution in [0.25, 0.3) is 17.0 Å². The van der Waals surface area contributed by atoms with Crippen LogP contribution in [0.1, 0.15) is 21.6 Å². The van der Waals surface area contributed by atoms with E-state index in [4.69, 9.17) is 0 Å². The summed E-state index contributed by atoms with van der Waals surface area (Å²) in [4.78, 5) is 20.0. The summed E-state index contributed by atoms with van der Waals surface area (Å²) in [5, 5.41) is 9.45. The third-order valence-corrected chi connectivity index (χ3v) is 3.39. The zero-order chi connectivity index (χ0) is 14.3. The Hall–Kier alpha value is -2.69. The van der Waals surface area contributed by atoms with E-state index in [2.05, 4.69) is 9.97 Å². The maximum Gasteiger partial charge on any atom is 0.355 e. The van der Waals surface area contributed by atoms with Gasteiger partial charge in [0.15, 0.2) is 5.69 Å². The van der Waals surface area contributed by atoms with Crippen LogP contribution in [0.5, 0.6) is 0 Å². The fraction of sp³-hybridized carbons (Fsp3) is 0.133. The molecule has 5 heteroatoms. The first kappa shape index (κ1) is 12.3. The molecule has 1 N–H and O–H groups in total. The molecule has 3 rings (SSSR count). The lowest BCUT2D eigenvalue weighted by Gasteiger charge is -2.04. The number of benzene rings is 1. The molecule has 0 aliphatic heterocycles. The SMILES string of the molecule is Cc1ccc(-c2nc3ncccn3c2C(=O)O)cc1C. The fourth-order valence-corrected chi connectivity index (χ4v) is 2.18. The molecule has 0 spiro atoms. The maximum atomic E-state index is 11.5. The highest BCUT2D eigenvalue weighted by atomic mass is 16.4. The monoisotopic (exact) mass is 267 g/mol. The second kappa shape index (κ2) is 4.45. The van der Waals surface area contributed by atoms with E-state index in [0.717, 1.165) is 16.7 Å². The number of fused-ring (bicyclic) bond motifs is 1. The Balaban J connectivity index is 2.32. The van der Waals surface area contributed by atoms with Crippen molar-refractivity contribution in [3.05, 3.63) is 53.5 Å². The van der Waals surface area contributed by atoms with Crippen molar-refractivity contribution in [2.75, 3.05) is 0 Å². The summed E-state index contributed by atoms with van der Waals surface area (Å²) >= 11 is 0. The third-order valence-electron chi connectivity index (χ3n) is 3.39. The van der Waals surface area contributed by atoms with E-state index >= 15 is 0 Å². The number of carbonyl (C=O) groups is 1. The Kier molecular flexibility index (Phi) is 2.75. The topological polar surface area (TPSA) is 67.5 Å². The molecule has 0 fully saturated rings. The largest absolute Gasteiger partial charge is 0.476 e. The highest BCUT2D eigenvalue weighted by Crippen LogP contribution is 2.25. The molecule has 20 heavy (non-hydrogen) atoms. The summed E-state index contributed by atoms with van der Waals surface area (Å²) in [5.41, 5.74) is 3.63. The molecular formula is C15H13N3O2. The molecule has 2 heterocycles. The zero-order valence-electron chi connectivity index (χ0n) is 11.2. The van der Waals surface area contributed by atoms with Crippen molar-refractivity contribution in [2.45, 2.75) is 13.8 Å². The van der Waals surface area contributed by atoms with Crippen molar-refractivity contribution in [2.24, 2.45) is 0 Å². The van der Waals surface area contributed by atoms with E-state index in [1.165, 1.54) is 4.40 Å². The number of hydrogen-bond acceptors (Lipinski definition) is 3. The van der Waals surface area contributed by atoms with Gasteiger partial charge in [-0.1, -0.05) is 12.1 Å². The number of aromatic nitrogens is 3. The van der Waals surface area contributed by atoms with Crippen LogP contribution in [-0.2, 0) is 0 Å². The number of aryl methyl sites for hydroxylation is 2. The average Bonchev–Trinajstić information content (AvgIpc) is 2.81. The summed E-state index contributed by atoms with van der Waals surface area (Å²) in [5.74, 6) is -0.628. The van der Waals surface area contributed by atoms with Crippen LogP contribution in [0, 0.1) is 13.8 Å². The average molecular weight is 267 g/mol. The van der Waals surface area contributed by atoms with Gasteiger partial charge >= 0.3 is 5.97 Å². The smallest absolute Gasteiger partial charge is 0.355 e. The Morgan fingerprint density at radius 2 is 2.05 bits per heavy atom. The van der Waals surface area contributed by atoms with Crippen LogP contribution < -0.4 is 0 Å². The van der Waals surface area contributed by atoms with Gasteiger partial charge in [0.25, 0.3) is 0 Å². The van der Waals surface area contributed by atoms with Crippen molar-refractivity contribution in [1.29, 1.82) is 0 Å². The van der Waals surface area contributed by atoms with E-state index in [-0.39, 0.29) is 5.69 Å². The van der Waals surface area contributed by atoms with Crippen molar-refractivity contribution in [3.63, 3.8) is 0 Å². The predicted octanol–water partition coefficient (Wildman–Crippen LogP) is 2.71. The molecule has 0 unspecified atom stereocenters. The van der Waals surface area contributed by atoms with Crippen LogP contribution >= 0.6 is 0 Å². The van der Waals surface area contributed by atoms with Crippen LogP contribution in [0.15, 0.2) is 36.7 Å². The summed E-state index contributed by atoms with van der Waals surface area (Å²) in [6, 6.07) is 7.49. The van der Waals surface area contributed by atoms with Gasteiger partial charge in [-0.25, -0.2) is 14.8 Å². The van der Waals surface area contributed by atoms with Gasteiger partial charge in [-0.15, -0.1) is 0 Å². The van der Waals surface area contributed by atoms with Gasteiger partial charge in [-0.3, -0.25) is 4.40 Å². The number of imidazole rings is 1. The molecule has 0 aliphatic carbocycles. The molecule has 1 aromatic carbocycles.